The van der Waals surface area contributed by atoms with E-state index in [1.54, 1.807) is 10.7 Å². The van der Waals surface area contributed by atoms with E-state index in [0.29, 0.717) is 17.9 Å². The molecule has 6 heteroatoms. The van der Waals surface area contributed by atoms with Crippen molar-refractivity contribution >= 4 is 11.6 Å². The predicted octanol–water partition coefficient (Wildman–Crippen LogP) is 2.39. The van der Waals surface area contributed by atoms with Crippen LogP contribution >= 0.6 is 11.6 Å². The number of nitrogens with one attached hydrogen (secondary N) is 1. The lowest BCUT2D eigenvalue weighted by Crippen LogP contribution is -2.39. The van der Waals surface area contributed by atoms with Crippen LogP contribution in [0.3, 0.4) is 0 Å². The summed E-state index contributed by atoms with van der Waals surface area (Å²) in [7, 11) is 1.87. The monoisotopic (exact) mass is 310 g/mol. The molecule has 1 heterocycles. The molecule has 0 saturated heterocycles. The second kappa shape index (κ2) is 7.02. The molecule has 2 rings (SSSR count). The lowest BCUT2D eigenvalue weighted by Gasteiger charge is -2.16. The largest absolute Gasteiger partial charge is 0.271 e. The van der Waals surface area contributed by atoms with Gasteiger partial charge in [-0.25, -0.2) is 4.39 Å². The Kier molecular flexibility index (Phi) is 5.33. The molecule has 114 valence electrons. The van der Waals surface area contributed by atoms with Gasteiger partial charge in [0.15, 0.2) is 0 Å². The third-order valence-electron chi connectivity index (χ3n) is 3.55. The Hall–Kier alpha value is -1.43. The Labute approximate surface area is 129 Å². The quantitative estimate of drug-likeness (QED) is 0.636. The van der Waals surface area contributed by atoms with Gasteiger partial charge in [-0.15, -0.1) is 0 Å². The second-order valence-electron chi connectivity index (χ2n) is 5.09. The van der Waals surface area contributed by atoms with Gasteiger partial charge in [-0.05, 0) is 30.5 Å². The molecular weight excluding hydrogens is 291 g/mol. The number of halogens is 2. The SMILES string of the molecule is CCc1nn(C)c(CC(Cc2cccc(F)c2)NN)c1Cl. The number of rotatable bonds is 6. The lowest BCUT2D eigenvalue weighted by molar-refractivity contribution is 0.503. The van der Waals surface area contributed by atoms with Crippen LogP contribution in [0, 0.1) is 5.82 Å². The van der Waals surface area contributed by atoms with Gasteiger partial charge < -0.3 is 0 Å². The Bertz CT molecular complexity index is 612. The van der Waals surface area contributed by atoms with Crippen molar-refractivity contribution in [2.75, 3.05) is 0 Å². The summed E-state index contributed by atoms with van der Waals surface area (Å²) in [4.78, 5) is 0. The molecule has 0 amide bonds. The average molecular weight is 311 g/mol. The van der Waals surface area contributed by atoms with Crippen LogP contribution in [-0.2, 0) is 26.3 Å². The maximum Gasteiger partial charge on any atom is 0.123 e. The van der Waals surface area contributed by atoms with E-state index >= 15 is 0 Å². The smallest absolute Gasteiger partial charge is 0.123 e. The molecular formula is C15H20ClFN4. The molecule has 1 atom stereocenters. The number of hydrogen-bond donors (Lipinski definition) is 2. The molecule has 0 aliphatic carbocycles. The second-order valence-corrected chi connectivity index (χ2v) is 5.46. The molecule has 1 aromatic heterocycles. The van der Waals surface area contributed by atoms with Crippen LogP contribution in [0.4, 0.5) is 4.39 Å². The molecule has 1 aromatic carbocycles. The van der Waals surface area contributed by atoms with Crippen molar-refractivity contribution < 1.29 is 4.39 Å². The highest BCUT2D eigenvalue weighted by atomic mass is 35.5. The van der Waals surface area contributed by atoms with E-state index < -0.39 is 0 Å². The van der Waals surface area contributed by atoms with Crippen LogP contribution in [0.1, 0.15) is 23.9 Å². The van der Waals surface area contributed by atoms with E-state index in [-0.39, 0.29) is 11.9 Å². The van der Waals surface area contributed by atoms with Crippen molar-refractivity contribution in [1.82, 2.24) is 15.2 Å². The Morgan fingerprint density at radius 3 is 2.76 bits per heavy atom. The Balaban J connectivity index is 2.14. The normalized spacial score (nSPS) is 12.6. The number of aromatic nitrogens is 2. The summed E-state index contributed by atoms with van der Waals surface area (Å²) in [6, 6.07) is 6.50. The van der Waals surface area contributed by atoms with Crippen molar-refractivity contribution in [1.29, 1.82) is 0 Å². The standard InChI is InChI=1S/C15H20ClFN4/c1-3-13-15(16)14(21(2)20-13)9-12(19-18)8-10-5-4-6-11(17)7-10/h4-7,12,19H,3,8-9,18H2,1-2H3. The Morgan fingerprint density at radius 2 is 2.19 bits per heavy atom. The van der Waals surface area contributed by atoms with Gasteiger partial charge in [0.25, 0.3) is 0 Å². The van der Waals surface area contributed by atoms with Gasteiger partial charge in [0, 0.05) is 19.5 Å². The first kappa shape index (κ1) is 15.9. The summed E-state index contributed by atoms with van der Waals surface area (Å²) in [5.74, 6) is 5.39. The summed E-state index contributed by atoms with van der Waals surface area (Å²) in [6.07, 6.45) is 2.05. The van der Waals surface area contributed by atoms with E-state index in [1.807, 2.05) is 20.0 Å². The van der Waals surface area contributed by atoms with Crippen molar-refractivity contribution in [3.8, 4) is 0 Å². The van der Waals surface area contributed by atoms with Gasteiger partial charge >= 0.3 is 0 Å². The maximum absolute atomic E-state index is 13.2. The van der Waals surface area contributed by atoms with E-state index in [2.05, 4.69) is 10.5 Å². The summed E-state index contributed by atoms with van der Waals surface area (Å²) in [5, 5.41) is 5.09. The molecule has 0 aliphatic rings. The molecule has 0 radical (unpaired) electrons. The maximum atomic E-state index is 13.2. The van der Waals surface area contributed by atoms with Crippen molar-refractivity contribution in [3.63, 3.8) is 0 Å². The van der Waals surface area contributed by atoms with Crippen LogP contribution < -0.4 is 11.3 Å². The van der Waals surface area contributed by atoms with E-state index in [9.17, 15) is 4.39 Å². The number of hydrogen-bond acceptors (Lipinski definition) is 3. The van der Waals surface area contributed by atoms with Crippen molar-refractivity contribution in [2.24, 2.45) is 12.9 Å². The average Bonchev–Trinajstić information content (AvgIpc) is 2.73. The zero-order valence-electron chi connectivity index (χ0n) is 12.2. The minimum atomic E-state index is -0.241. The lowest BCUT2D eigenvalue weighted by atomic mass is 10.0. The van der Waals surface area contributed by atoms with Crippen LogP contribution in [0.5, 0.6) is 0 Å². The summed E-state index contributed by atoms with van der Waals surface area (Å²) < 4.78 is 15.0. The summed E-state index contributed by atoms with van der Waals surface area (Å²) in [6.45, 7) is 2.02. The minimum Gasteiger partial charge on any atom is -0.271 e. The molecule has 0 aliphatic heterocycles. The fourth-order valence-corrected chi connectivity index (χ4v) is 2.78. The fourth-order valence-electron chi connectivity index (χ4n) is 2.41. The van der Waals surface area contributed by atoms with Crippen molar-refractivity contribution in [3.05, 3.63) is 52.1 Å². The van der Waals surface area contributed by atoms with Gasteiger partial charge in [0.2, 0.25) is 0 Å². The zero-order valence-corrected chi connectivity index (χ0v) is 13.0. The van der Waals surface area contributed by atoms with Gasteiger partial charge in [-0.3, -0.25) is 16.0 Å². The van der Waals surface area contributed by atoms with Crippen molar-refractivity contribution in [2.45, 2.75) is 32.2 Å². The molecule has 2 aromatic rings. The van der Waals surface area contributed by atoms with E-state index in [0.717, 1.165) is 23.4 Å². The van der Waals surface area contributed by atoms with Crippen LogP contribution in [0.25, 0.3) is 0 Å². The number of hydrazine groups is 1. The summed E-state index contributed by atoms with van der Waals surface area (Å²) >= 11 is 6.35. The first-order chi connectivity index (χ1) is 10.0. The van der Waals surface area contributed by atoms with Crippen LogP contribution in [-0.4, -0.2) is 15.8 Å². The zero-order chi connectivity index (χ0) is 15.4. The predicted molar refractivity (Wildman–Crippen MR) is 82.5 cm³/mol. The van der Waals surface area contributed by atoms with Gasteiger partial charge in [-0.2, -0.15) is 5.10 Å². The van der Waals surface area contributed by atoms with Crippen LogP contribution in [0.15, 0.2) is 24.3 Å². The molecule has 0 bridgehead atoms. The molecule has 0 saturated carbocycles. The summed E-state index contributed by atoms with van der Waals surface area (Å²) in [5.41, 5.74) is 5.50. The molecule has 4 nitrogen and oxygen atoms in total. The molecule has 3 N–H and O–H groups in total. The van der Waals surface area contributed by atoms with Gasteiger partial charge in [0.1, 0.15) is 5.82 Å². The van der Waals surface area contributed by atoms with Crippen LogP contribution in [0.2, 0.25) is 5.02 Å². The first-order valence-electron chi connectivity index (χ1n) is 6.96. The fraction of sp³-hybridized carbons (Fsp3) is 0.400. The third kappa shape index (κ3) is 3.81. The number of aryl methyl sites for hydroxylation is 2. The highest BCUT2D eigenvalue weighted by Gasteiger charge is 2.17. The Morgan fingerprint density at radius 1 is 1.43 bits per heavy atom. The number of benzene rings is 1. The topological polar surface area (TPSA) is 55.9 Å². The third-order valence-corrected chi connectivity index (χ3v) is 3.99. The molecule has 21 heavy (non-hydrogen) atoms. The van der Waals surface area contributed by atoms with Gasteiger partial charge in [0.05, 0.1) is 16.4 Å². The highest BCUT2D eigenvalue weighted by Crippen LogP contribution is 2.22. The van der Waals surface area contributed by atoms with E-state index in [1.165, 1.54) is 12.1 Å². The first-order valence-corrected chi connectivity index (χ1v) is 7.33. The number of nitrogens with zero attached hydrogens (tertiary/aromatic N) is 2. The highest BCUT2D eigenvalue weighted by molar-refractivity contribution is 6.31. The molecule has 0 fully saturated rings. The van der Waals surface area contributed by atoms with E-state index in [4.69, 9.17) is 17.4 Å². The number of nitrogens with two attached hydrogens (primary N) is 1. The van der Waals surface area contributed by atoms with Gasteiger partial charge in [-0.1, -0.05) is 30.7 Å². The molecule has 0 spiro atoms. The molecule has 1 unspecified atom stereocenters. The minimum absolute atomic E-state index is 0.0376.